The highest BCUT2D eigenvalue weighted by atomic mass is 32.1. The summed E-state index contributed by atoms with van der Waals surface area (Å²) in [4.78, 5) is 41.9. The number of amides is 4. The molecular formula is C23H32N4O4S. The maximum absolute atomic E-state index is 12.1. The quantitative estimate of drug-likeness (QED) is 0.682. The van der Waals surface area contributed by atoms with E-state index in [1.54, 1.807) is 11.3 Å². The molecule has 174 valence electrons. The number of hydrogen-bond donors (Lipinski definition) is 2. The van der Waals surface area contributed by atoms with E-state index in [0.717, 1.165) is 11.3 Å². The Hall–Kier alpha value is -2.78. The van der Waals surface area contributed by atoms with E-state index < -0.39 is 11.6 Å². The van der Waals surface area contributed by atoms with Crippen molar-refractivity contribution < 1.29 is 19.5 Å². The molecule has 2 aromatic rings. The van der Waals surface area contributed by atoms with Crippen LogP contribution in [-0.2, 0) is 16.1 Å². The zero-order valence-corrected chi connectivity index (χ0v) is 20.1. The van der Waals surface area contributed by atoms with Crippen LogP contribution in [0.1, 0.15) is 45.4 Å². The van der Waals surface area contributed by atoms with E-state index in [0.29, 0.717) is 32.5 Å². The number of thiazole rings is 1. The van der Waals surface area contributed by atoms with Crippen molar-refractivity contribution in [1.29, 1.82) is 0 Å². The van der Waals surface area contributed by atoms with E-state index in [1.165, 1.54) is 27.2 Å². The fraction of sp³-hybridized carbons (Fsp3) is 0.478. The number of hydrogen-bond acceptors (Lipinski definition) is 6. The van der Waals surface area contributed by atoms with Gasteiger partial charge in [-0.15, -0.1) is 11.3 Å². The van der Waals surface area contributed by atoms with E-state index in [9.17, 15) is 19.5 Å². The van der Waals surface area contributed by atoms with Crippen molar-refractivity contribution >= 4 is 29.7 Å². The van der Waals surface area contributed by atoms with Gasteiger partial charge in [0, 0.05) is 32.1 Å². The summed E-state index contributed by atoms with van der Waals surface area (Å²) in [5, 5.41) is 12.0. The summed E-state index contributed by atoms with van der Waals surface area (Å²) in [5.74, 6) is -0.265. The lowest BCUT2D eigenvalue weighted by Crippen LogP contribution is -2.53. The number of aryl methyl sites for hydroxylation is 1. The Morgan fingerprint density at radius 3 is 2.41 bits per heavy atom. The lowest BCUT2D eigenvalue weighted by Gasteiger charge is -2.35. The molecule has 1 atom stereocenters. The van der Waals surface area contributed by atoms with Crippen LogP contribution in [0.15, 0.2) is 29.8 Å². The zero-order chi connectivity index (χ0) is 23.9. The van der Waals surface area contributed by atoms with E-state index in [4.69, 9.17) is 0 Å². The summed E-state index contributed by atoms with van der Waals surface area (Å²) in [7, 11) is 0. The first-order valence-electron chi connectivity index (χ1n) is 10.5. The molecule has 0 bridgehead atoms. The standard InChI is InChI=1S/C12H12N2OS.C11H20N2O3/c1-9-12(16-8-14-9)11-4-2-10(3-5-11)6-13-7-15;1-8(14)13(11(2,3)4)10(16)12-6-5-9(15)7-12/h2-5,7-8H,6H2,1H3,(H,13,15);9,15H,5-7H2,1-4H3. The van der Waals surface area contributed by atoms with Crippen LogP contribution in [0, 0.1) is 6.92 Å². The highest BCUT2D eigenvalue weighted by molar-refractivity contribution is 7.13. The normalized spacial score (nSPS) is 15.6. The van der Waals surface area contributed by atoms with Crippen LogP contribution in [0.3, 0.4) is 0 Å². The van der Waals surface area contributed by atoms with Crippen molar-refractivity contribution in [3.63, 3.8) is 0 Å². The summed E-state index contributed by atoms with van der Waals surface area (Å²) in [6, 6.07) is 7.84. The van der Waals surface area contributed by atoms with Gasteiger partial charge in [0.2, 0.25) is 12.3 Å². The monoisotopic (exact) mass is 460 g/mol. The van der Waals surface area contributed by atoms with Crippen molar-refractivity contribution in [2.45, 2.75) is 59.2 Å². The molecule has 0 radical (unpaired) electrons. The maximum Gasteiger partial charge on any atom is 0.327 e. The Bertz CT molecular complexity index is 921. The number of nitrogens with one attached hydrogen (secondary N) is 1. The van der Waals surface area contributed by atoms with Gasteiger partial charge in [-0.25, -0.2) is 9.78 Å². The van der Waals surface area contributed by atoms with Crippen LogP contribution in [0.4, 0.5) is 4.79 Å². The molecule has 4 amide bonds. The molecule has 1 saturated heterocycles. The molecule has 0 spiro atoms. The molecule has 3 rings (SSSR count). The number of rotatable bonds is 4. The smallest absolute Gasteiger partial charge is 0.327 e. The second-order valence-electron chi connectivity index (χ2n) is 8.66. The number of β-amino-alcohol motifs (C(OH)–C–C–N with tert-alkyl or cyclic N) is 1. The van der Waals surface area contributed by atoms with Crippen LogP contribution in [0.25, 0.3) is 10.4 Å². The molecule has 1 fully saturated rings. The number of carbonyl (C=O) groups is 3. The third-order valence-corrected chi connectivity index (χ3v) is 5.94. The molecule has 0 saturated carbocycles. The van der Waals surface area contributed by atoms with Crippen LogP contribution >= 0.6 is 11.3 Å². The minimum Gasteiger partial charge on any atom is -0.391 e. The molecule has 2 N–H and O–H groups in total. The van der Waals surface area contributed by atoms with Crippen LogP contribution in [0.5, 0.6) is 0 Å². The third kappa shape index (κ3) is 6.86. The molecular weight excluding hydrogens is 428 g/mol. The maximum atomic E-state index is 12.1. The first-order chi connectivity index (χ1) is 15.0. The minimum absolute atomic E-state index is 0.265. The Labute approximate surface area is 193 Å². The van der Waals surface area contributed by atoms with Gasteiger partial charge in [-0.3, -0.25) is 14.5 Å². The fourth-order valence-corrected chi connectivity index (χ4v) is 4.28. The predicted octanol–water partition coefficient (Wildman–Crippen LogP) is 3.18. The minimum atomic E-state index is -0.531. The highest BCUT2D eigenvalue weighted by Gasteiger charge is 2.36. The Balaban J connectivity index is 0.000000227. The van der Waals surface area contributed by atoms with Gasteiger partial charge in [0.15, 0.2) is 0 Å². The SMILES string of the molecule is CC(=O)N(C(=O)N1CCC(O)C1)C(C)(C)C.Cc1ncsc1-c1ccc(CNC=O)cc1. The van der Waals surface area contributed by atoms with Gasteiger partial charge in [0.25, 0.3) is 0 Å². The van der Waals surface area contributed by atoms with Gasteiger partial charge in [0.1, 0.15) is 0 Å². The van der Waals surface area contributed by atoms with Crippen LogP contribution < -0.4 is 5.32 Å². The van der Waals surface area contributed by atoms with Gasteiger partial charge in [-0.05, 0) is 45.2 Å². The first kappa shape index (κ1) is 25.5. The topological polar surface area (TPSA) is 103 Å². The molecule has 1 aliphatic rings. The number of likely N-dealkylation sites (tertiary alicyclic amines) is 1. The van der Waals surface area contributed by atoms with Crippen molar-refractivity contribution in [3.8, 4) is 10.4 Å². The Kier molecular flexibility index (Phi) is 8.91. The number of urea groups is 1. The van der Waals surface area contributed by atoms with Gasteiger partial charge in [-0.2, -0.15) is 0 Å². The van der Waals surface area contributed by atoms with Gasteiger partial charge < -0.3 is 15.3 Å². The lowest BCUT2D eigenvalue weighted by molar-refractivity contribution is -0.130. The lowest BCUT2D eigenvalue weighted by atomic mass is 10.1. The van der Waals surface area contributed by atoms with Crippen molar-refractivity contribution in [1.82, 2.24) is 20.1 Å². The van der Waals surface area contributed by atoms with Crippen molar-refractivity contribution in [2.24, 2.45) is 0 Å². The second kappa shape index (κ2) is 11.2. The Morgan fingerprint density at radius 1 is 1.31 bits per heavy atom. The number of aliphatic hydroxyl groups excluding tert-OH is 1. The third-order valence-electron chi connectivity index (χ3n) is 4.96. The number of aliphatic hydroxyl groups is 1. The number of imide groups is 1. The Morgan fingerprint density at radius 2 is 1.97 bits per heavy atom. The van der Waals surface area contributed by atoms with Gasteiger partial charge in [0.05, 0.1) is 22.2 Å². The average molecular weight is 461 g/mol. The first-order valence-corrected chi connectivity index (χ1v) is 11.4. The van der Waals surface area contributed by atoms with E-state index in [-0.39, 0.29) is 11.9 Å². The molecule has 1 aromatic heterocycles. The summed E-state index contributed by atoms with van der Waals surface area (Å²) in [6.45, 7) is 10.3. The molecule has 2 heterocycles. The summed E-state index contributed by atoms with van der Waals surface area (Å²) in [6.07, 6.45) is 0.834. The number of aromatic nitrogens is 1. The largest absolute Gasteiger partial charge is 0.391 e. The molecule has 1 aromatic carbocycles. The van der Waals surface area contributed by atoms with Crippen molar-refractivity contribution in [3.05, 3.63) is 41.0 Å². The molecule has 32 heavy (non-hydrogen) atoms. The molecule has 1 aliphatic heterocycles. The number of nitrogens with zero attached hydrogens (tertiary/aromatic N) is 3. The second-order valence-corrected chi connectivity index (χ2v) is 9.51. The number of carbonyl (C=O) groups excluding carboxylic acids is 3. The average Bonchev–Trinajstić information content (AvgIpc) is 3.34. The van der Waals surface area contributed by atoms with Crippen LogP contribution in [0.2, 0.25) is 0 Å². The van der Waals surface area contributed by atoms with Gasteiger partial charge >= 0.3 is 6.03 Å². The molecule has 8 nitrogen and oxygen atoms in total. The number of benzene rings is 1. The van der Waals surface area contributed by atoms with Crippen molar-refractivity contribution in [2.75, 3.05) is 13.1 Å². The molecule has 1 unspecified atom stereocenters. The van der Waals surface area contributed by atoms with Gasteiger partial charge in [-0.1, -0.05) is 24.3 Å². The fourth-order valence-electron chi connectivity index (χ4n) is 3.46. The van der Waals surface area contributed by atoms with E-state index >= 15 is 0 Å². The highest BCUT2D eigenvalue weighted by Crippen LogP contribution is 2.27. The summed E-state index contributed by atoms with van der Waals surface area (Å²) >= 11 is 1.64. The van der Waals surface area contributed by atoms with Crippen LogP contribution in [-0.4, -0.2) is 63.0 Å². The summed E-state index contributed by atoms with van der Waals surface area (Å²) in [5.41, 5.74) is 4.65. The summed E-state index contributed by atoms with van der Waals surface area (Å²) < 4.78 is 0. The predicted molar refractivity (Wildman–Crippen MR) is 125 cm³/mol. The van der Waals surface area contributed by atoms with E-state index in [1.807, 2.05) is 45.3 Å². The van der Waals surface area contributed by atoms with E-state index in [2.05, 4.69) is 22.4 Å². The zero-order valence-electron chi connectivity index (χ0n) is 19.3. The molecule has 0 aliphatic carbocycles. The molecule has 9 heteroatoms.